The van der Waals surface area contributed by atoms with Gasteiger partial charge in [-0.05, 0) is 24.6 Å². The molecule has 1 aromatic carbocycles. The third-order valence-corrected chi connectivity index (χ3v) is 5.03. The number of anilines is 1. The van der Waals surface area contributed by atoms with Crippen LogP contribution in [0.1, 0.15) is 18.2 Å². The van der Waals surface area contributed by atoms with E-state index in [-0.39, 0.29) is 0 Å². The van der Waals surface area contributed by atoms with Crippen LogP contribution in [0.25, 0.3) is 11.1 Å². The summed E-state index contributed by atoms with van der Waals surface area (Å²) in [5.41, 5.74) is 14.7. The zero-order valence-electron chi connectivity index (χ0n) is 13.8. The van der Waals surface area contributed by atoms with Crippen LogP contribution in [-0.2, 0) is 11.5 Å². The summed E-state index contributed by atoms with van der Waals surface area (Å²) < 4.78 is 5.68. The van der Waals surface area contributed by atoms with Crippen molar-refractivity contribution in [3.63, 3.8) is 0 Å². The topological polar surface area (TPSA) is 115 Å². The molecule has 7 nitrogen and oxygen atoms in total. The van der Waals surface area contributed by atoms with Crippen molar-refractivity contribution in [3.05, 3.63) is 34.8 Å². The molecule has 0 saturated carbocycles. The number of oxazole rings is 1. The summed E-state index contributed by atoms with van der Waals surface area (Å²) in [6, 6.07) is 6.67. The van der Waals surface area contributed by atoms with Crippen LogP contribution < -0.4 is 16.8 Å². The van der Waals surface area contributed by atoms with Crippen molar-refractivity contribution >= 4 is 51.6 Å². The van der Waals surface area contributed by atoms with E-state index in [2.05, 4.69) is 26.3 Å². The molecular formula is C16H20N6OS2. The number of nitrogens with two attached hydrogens (primary N) is 2. The van der Waals surface area contributed by atoms with E-state index < -0.39 is 6.17 Å². The van der Waals surface area contributed by atoms with Gasteiger partial charge in [0.25, 0.3) is 6.01 Å². The maximum atomic E-state index is 5.68. The zero-order valence-corrected chi connectivity index (χ0v) is 15.4. The fraction of sp³-hybridized carbons (Fsp3) is 0.312. The number of aliphatic imine (C=N–C) groups is 1. The van der Waals surface area contributed by atoms with Gasteiger partial charge in [0, 0.05) is 29.6 Å². The van der Waals surface area contributed by atoms with Gasteiger partial charge in [-0.15, -0.1) is 11.3 Å². The van der Waals surface area contributed by atoms with Gasteiger partial charge in [0.05, 0.1) is 11.9 Å². The number of nitrogens with one attached hydrogen (secondary N) is 1. The van der Waals surface area contributed by atoms with Gasteiger partial charge in [0.2, 0.25) is 5.13 Å². The van der Waals surface area contributed by atoms with Crippen molar-refractivity contribution in [1.82, 2.24) is 9.97 Å². The monoisotopic (exact) mass is 376 g/mol. The van der Waals surface area contributed by atoms with E-state index in [1.807, 2.05) is 24.4 Å². The standard InChI is InChI=1S/C16H20N6OS2/c1-2-19-15-22-12-4-3-10(5-13(12)23-15)7-24-8-11-9-25-16(21-11)20-6-14(17)18/h3-6,9,14H,2,7-8,17-18H2,1H3,(H,19,22). The van der Waals surface area contributed by atoms with Gasteiger partial charge in [-0.1, -0.05) is 6.07 Å². The summed E-state index contributed by atoms with van der Waals surface area (Å²) in [5, 5.41) is 5.76. The molecule has 0 aliphatic rings. The first-order valence-electron chi connectivity index (χ1n) is 7.85. The first kappa shape index (κ1) is 17.9. The molecule has 9 heteroatoms. The lowest BCUT2D eigenvalue weighted by Gasteiger charge is -2.00. The van der Waals surface area contributed by atoms with E-state index in [1.54, 1.807) is 11.8 Å². The van der Waals surface area contributed by atoms with Crippen molar-refractivity contribution < 1.29 is 4.42 Å². The molecule has 2 aromatic heterocycles. The van der Waals surface area contributed by atoms with Crippen molar-refractivity contribution in [3.8, 4) is 0 Å². The molecule has 0 amide bonds. The molecule has 0 unspecified atom stereocenters. The number of thioether (sulfide) groups is 1. The van der Waals surface area contributed by atoms with Gasteiger partial charge < -0.3 is 21.2 Å². The molecule has 25 heavy (non-hydrogen) atoms. The molecule has 3 rings (SSSR count). The molecule has 0 saturated heterocycles. The highest BCUT2D eigenvalue weighted by atomic mass is 32.2. The zero-order chi connectivity index (χ0) is 17.6. The Bertz CT molecular complexity index is 857. The fourth-order valence-corrected chi connectivity index (χ4v) is 3.78. The number of hydrogen-bond acceptors (Lipinski definition) is 9. The first-order valence-corrected chi connectivity index (χ1v) is 9.88. The minimum atomic E-state index is -0.555. The molecule has 0 aliphatic heterocycles. The second-order valence-corrected chi connectivity index (χ2v) is 7.14. The number of rotatable bonds is 8. The summed E-state index contributed by atoms with van der Waals surface area (Å²) >= 11 is 3.27. The van der Waals surface area contributed by atoms with Crippen LogP contribution in [0, 0.1) is 0 Å². The van der Waals surface area contributed by atoms with Crippen LogP contribution in [0.3, 0.4) is 0 Å². The van der Waals surface area contributed by atoms with Crippen LogP contribution in [0.5, 0.6) is 0 Å². The number of benzene rings is 1. The molecule has 0 aliphatic carbocycles. The molecule has 0 fully saturated rings. The van der Waals surface area contributed by atoms with Gasteiger partial charge in [-0.25, -0.2) is 9.98 Å². The van der Waals surface area contributed by atoms with Gasteiger partial charge >= 0.3 is 0 Å². The summed E-state index contributed by atoms with van der Waals surface area (Å²) in [5.74, 6) is 1.69. The minimum absolute atomic E-state index is 0.555. The van der Waals surface area contributed by atoms with Crippen LogP contribution in [0.15, 0.2) is 33.0 Å². The SMILES string of the molecule is CCNc1nc2ccc(CSCc3csc(N=CC(N)N)n3)cc2o1. The maximum absolute atomic E-state index is 5.68. The highest BCUT2D eigenvalue weighted by Crippen LogP contribution is 2.25. The van der Waals surface area contributed by atoms with Crippen LogP contribution in [-0.4, -0.2) is 28.9 Å². The number of thiazole rings is 1. The Labute approximate surface area is 153 Å². The highest BCUT2D eigenvalue weighted by molar-refractivity contribution is 7.97. The molecule has 5 N–H and O–H groups in total. The van der Waals surface area contributed by atoms with Crippen molar-refractivity contribution in [2.75, 3.05) is 11.9 Å². The van der Waals surface area contributed by atoms with Crippen LogP contribution >= 0.6 is 23.1 Å². The van der Waals surface area contributed by atoms with Crippen molar-refractivity contribution in [2.45, 2.75) is 24.6 Å². The maximum Gasteiger partial charge on any atom is 0.295 e. The summed E-state index contributed by atoms with van der Waals surface area (Å²) in [6.45, 7) is 2.79. The van der Waals surface area contributed by atoms with Gasteiger partial charge in [0.15, 0.2) is 5.58 Å². The van der Waals surface area contributed by atoms with Crippen molar-refractivity contribution in [2.24, 2.45) is 16.5 Å². The Kier molecular flexibility index (Phi) is 6.03. The Hall–Kier alpha value is -1.94. The fourth-order valence-electron chi connectivity index (χ4n) is 2.13. The molecular weight excluding hydrogens is 356 g/mol. The molecule has 0 spiro atoms. The lowest BCUT2D eigenvalue weighted by molar-refractivity contribution is 0.616. The van der Waals surface area contributed by atoms with E-state index in [9.17, 15) is 0 Å². The van der Waals surface area contributed by atoms with Gasteiger partial charge in [-0.3, -0.25) is 0 Å². The first-order chi connectivity index (χ1) is 12.1. The molecule has 0 atom stereocenters. The number of nitrogens with zero attached hydrogens (tertiary/aromatic N) is 3. The Balaban J connectivity index is 1.55. The minimum Gasteiger partial charge on any atom is -0.424 e. The third-order valence-electron chi connectivity index (χ3n) is 3.20. The Morgan fingerprint density at radius 2 is 2.24 bits per heavy atom. The normalized spacial score (nSPS) is 11.8. The average Bonchev–Trinajstić information content (AvgIpc) is 3.19. The molecule has 132 valence electrons. The van der Waals surface area contributed by atoms with E-state index in [1.165, 1.54) is 23.1 Å². The number of fused-ring (bicyclic) bond motifs is 1. The predicted molar refractivity (Wildman–Crippen MR) is 106 cm³/mol. The van der Waals surface area contributed by atoms with Crippen LogP contribution in [0.4, 0.5) is 11.1 Å². The third kappa shape index (κ3) is 5.02. The van der Waals surface area contributed by atoms with Crippen LogP contribution in [0.2, 0.25) is 0 Å². The largest absolute Gasteiger partial charge is 0.424 e. The second kappa shape index (κ2) is 8.43. The van der Waals surface area contributed by atoms with E-state index in [0.29, 0.717) is 11.1 Å². The predicted octanol–water partition coefficient (Wildman–Crippen LogP) is 3.10. The molecule has 3 aromatic rings. The lowest BCUT2D eigenvalue weighted by atomic mass is 10.2. The van der Waals surface area contributed by atoms with Gasteiger partial charge in [0.1, 0.15) is 5.52 Å². The lowest BCUT2D eigenvalue weighted by Crippen LogP contribution is -2.31. The van der Waals surface area contributed by atoms with E-state index in [4.69, 9.17) is 15.9 Å². The Morgan fingerprint density at radius 3 is 3.04 bits per heavy atom. The summed E-state index contributed by atoms with van der Waals surface area (Å²) in [7, 11) is 0. The van der Waals surface area contributed by atoms with Gasteiger partial charge in [-0.2, -0.15) is 16.7 Å². The van der Waals surface area contributed by atoms with E-state index in [0.717, 1.165) is 34.8 Å². The molecule has 2 heterocycles. The quantitative estimate of drug-likeness (QED) is 0.409. The summed E-state index contributed by atoms with van der Waals surface area (Å²) in [4.78, 5) is 13.0. The molecule has 0 radical (unpaired) electrons. The smallest absolute Gasteiger partial charge is 0.295 e. The van der Waals surface area contributed by atoms with E-state index >= 15 is 0 Å². The Morgan fingerprint density at radius 1 is 1.36 bits per heavy atom. The second-order valence-electron chi connectivity index (χ2n) is 5.32. The summed E-state index contributed by atoms with van der Waals surface area (Å²) in [6.07, 6.45) is 0.935. The van der Waals surface area contributed by atoms with Crippen molar-refractivity contribution in [1.29, 1.82) is 0 Å². The number of hydrogen-bond donors (Lipinski definition) is 3. The molecule has 0 bridgehead atoms. The number of aromatic nitrogens is 2. The average molecular weight is 377 g/mol. The highest BCUT2D eigenvalue weighted by Gasteiger charge is 2.06.